The van der Waals surface area contributed by atoms with E-state index in [2.05, 4.69) is 24.3 Å². The maximum absolute atomic E-state index is 10.5. The van der Waals surface area contributed by atoms with E-state index in [-0.39, 0.29) is 0 Å². The molecule has 5 rings (SSSR count). The van der Waals surface area contributed by atoms with Crippen molar-refractivity contribution in [2.45, 2.75) is 38.9 Å². The van der Waals surface area contributed by atoms with Gasteiger partial charge in [0.25, 0.3) is 0 Å². The summed E-state index contributed by atoms with van der Waals surface area (Å²) in [7, 11) is 0.371. The largest absolute Gasteiger partial charge is 0.427 e. The number of nitrogens with zero attached hydrogens (tertiary/aromatic N) is 3. The first-order valence-corrected chi connectivity index (χ1v) is 13.7. The molecule has 1 aromatic heterocycles. The summed E-state index contributed by atoms with van der Waals surface area (Å²) < 4.78 is 6.10. The van der Waals surface area contributed by atoms with Crippen LogP contribution in [-0.4, -0.2) is 33.8 Å². The molecule has 0 fully saturated rings. The average Bonchev–Trinajstić information content (AvgIpc) is 3.00. The van der Waals surface area contributed by atoms with Crippen LogP contribution in [-0.2, 0) is 4.65 Å². The molecule has 41 heavy (non-hydrogen) atoms. The summed E-state index contributed by atoms with van der Waals surface area (Å²) in [5.74, 6) is 0.567. The fourth-order valence-electron chi connectivity index (χ4n) is 4.42. The predicted molar refractivity (Wildman–Crippen MR) is 167 cm³/mol. The molecule has 5 nitrogen and oxygen atoms in total. The lowest BCUT2D eigenvalue weighted by Gasteiger charge is -2.37. The van der Waals surface area contributed by atoms with Gasteiger partial charge in [0, 0.05) is 16.7 Å². The Morgan fingerprint density at radius 2 is 1.17 bits per heavy atom. The molecule has 0 aliphatic heterocycles. The standard InChI is InChI=1S/C35H32BN3O2/c1-34(2,40)35(3,4)41-36-29-20-12-18-27(22-29)26-17-11-19-28(21-26)32-30(23-37)31(24-13-7-5-8-14-24)38-33(39-32)25-15-9-6-10-16-25/h5-22,36,40H,1-4H3. The van der Waals surface area contributed by atoms with Gasteiger partial charge in [-0.2, -0.15) is 5.26 Å². The van der Waals surface area contributed by atoms with E-state index in [1.165, 1.54) is 0 Å². The Labute approximate surface area is 242 Å². The zero-order chi connectivity index (χ0) is 29.0. The third kappa shape index (κ3) is 6.12. The average molecular weight is 537 g/mol. The van der Waals surface area contributed by atoms with Crippen LogP contribution in [0.25, 0.3) is 45.0 Å². The van der Waals surface area contributed by atoms with Crippen molar-refractivity contribution in [3.8, 4) is 51.1 Å². The molecule has 0 atom stereocenters. The highest BCUT2D eigenvalue weighted by molar-refractivity contribution is 6.47. The fourth-order valence-corrected chi connectivity index (χ4v) is 4.42. The number of aromatic nitrogens is 2. The molecule has 0 saturated carbocycles. The second-order valence-electron chi connectivity index (χ2n) is 11.1. The monoisotopic (exact) mass is 537 g/mol. The molecule has 202 valence electrons. The van der Waals surface area contributed by atoms with Crippen molar-refractivity contribution in [2.75, 3.05) is 0 Å². The summed E-state index contributed by atoms with van der Waals surface area (Å²) >= 11 is 0. The lowest BCUT2D eigenvalue weighted by atomic mass is 9.81. The zero-order valence-corrected chi connectivity index (χ0v) is 23.8. The van der Waals surface area contributed by atoms with Gasteiger partial charge in [-0.1, -0.05) is 109 Å². The highest BCUT2D eigenvalue weighted by Gasteiger charge is 2.35. The second kappa shape index (κ2) is 11.5. The molecule has 6 heteroatoms. The predicted octanol–water partition coefficient (Wildman–Crippen LogP) is 6.56. The zero-order valence-electron chi connectivity index (χ0n) is 23.8. The summed E-state index contributed by atoms with van der Waals surface area (Å²) in [5.41, 5.74) is 5.54. The second-order valence-corrected chi connectivity index (χ2v) is 11.1. The Balaban J connectivity index is 1.57. The van der Waals surface area contributed by atoms with Gasteiger partial charge >= 0.3 is 7.48 Å². The van der Waals surface area contributed by atoms with Crippen molar-refractivity contribution < 1.29 is 9.76 Å². The third-order valence-electron chi connectivity index (χ3n) is 7.57. The highest BCUT2D eigenvalue weighted by atomic mass is 16.5. The maximum atomic E-state index is 10.5. The first-order chi connectivity index (χ1) is 19.7. The summed E-state index contributed by atoms with van der Waals surface area (Å²) in [4.78, 5) is 9.78. The molecule has 0 unspecified atom stereocenters. The van der Waals surface area contributed by atoms with E-state index in [0.29, 0.717) is 30.3 Å². The first-order valence-electron chi connectivity index (χ1n) is 13.7. The molecule has 1 heterocycles. The minimum absolute atomic E-state index is 0.371. The lowest BCUT2D eigenvalue weighted by molar-refractivity contribution is -0.0893. The number of rotatable bonds is 8. The molecule has 0 radical (unpaired) electrons. The van der Waals surface area contributed by atoms with Gasteiger partial charge in [0.05, 0.1) is 22.6 Å². The van der Waals surface area contributed by atoms with Crippen molar-refractivity contribution >= 4 is 12.9 Å². The van der Waals surface area contributed by atoms with Gasteiger partial charge < -0.3 is 9.76 Å². The van der Waals surface area contributed by atoms with Crippen LogP contribution < -0.4 is 5.46 Å². The Hall–Kier alpha value is -4.57. The molecular formula is C35H32BN3O2. The Morgan fingerprint density at radius 1 is 0.659 bits per heavy atom. The topological polar surface area (TPSA) is 79.0 Å². The van der Waals surface area contributed by atoms with Crippen molar-refractivity contribution in [3.05, 3.63) is 115 Å². The highest BCUT2D eigenvalue weighted by Crippen LogP contribution is 2.34. The molecule has 0 spiro atoms. The van der Waals surface area contributed by atoms with Gasteiger partial charge in [0.15, 0.2) is 5.82 Å². The number of benzene rings is 4. The van der Waals surface area contributed by atoms with E-state index in [9.17, 15) is 10.4 Å². The van der Waals surface area contributed by atoms with Crippen LogP contribution in [0.15, 0.2) is 109 Å². The van der Waals surface area contributed by atoms with E-state index in [1.807, 2.05) is 105 Å². The number of nitriles is 1. The van der Waals surface area contributed by atoms with Crippen LogP contribution in [0.1, 0.15) is 33.3 Å². The minimum Gasteiger partial charge on any atom is -0.427 e. The van der Waals surface area contributed by atoms with Gasteiger partial charge in [-0.25, -0.2) is 9.97 Å². The molecule has 0 amide bonds. The molecule has 4 aromatic carbocycles. The van der Waals surface area contributed by atoms with Crippen LogP contribution in [0, 0.1) is 11.3 Å². The maximum Gasteiger partial charge on any atom is 0.309 e. The molecule has 0 saturated heterocycles. The van der Waals surface area contributed by atoms with Crippen LogP contribution in [0.5, 0.6) is 0 Å². The van der Waals surface area contributed by atoms with E-state index in [4.69, 9.17) is 14.6 Å². The third-order valence-corrected chi connectivity index (χ3v) is 7.57. The smallest absolute Gasteiger partial charge is 0.309 e. The Bertz CT molecular complexity index is 1710. The lowest BCUT2D eigenvalue weighted by Crippen LogP contribution is -2.49. The summed E-state index contributed by atoms with van der Waals surface area (Å²) in [5, 5.41) is 20.8. The molecule has 5 aromatic rings. The SMILES string of the molecule is CC(C)(O)C(C)(C)OBc1cccc(-c2cccc(-c3nc(-c4ccccc4)nc(-c4ccccc4)c3C#N)c2)c1. The number of hydrogen-bond donors (Lipinski definition) is 1. The normalized spacial score (nSPS) is 11.6. The molecule has 0 aliphatic rings. The Morgan fingerprint density at radius 3 is 1.78 bits per heavy atom. The van der Waals surface area contributed by atoms with Crippen molar-refractivity contribution in [1.82, 2.24) is 9.97 Å². The van der Waals surface area contributed by atoms with Gasteiger partial charge in [0.1, 0.15) is 11.6 Å². The summed E-state index contributed by atoms with van der Waals surface area (Å²) in [6.07, 6.45) is 0. The molecule has 0 aliphatic carbocycles. The first kappa shape index (κ1) is 28.0. The number of hydrogen-bond acceptors (Lipinski definition) is 5. The van der Waals surface area contributed by atoms with Crippen LogP contribution in [0.3, 0.4) is 0 Å². The summed E-state index contributed by atoms with van der Waals surface area (Å²) in [6.45, 7) is 7.29. The van der Waals surface area contributed by atoms with E-state index in [1.54, 1.807) is 13.8 Å². The van der Waals surface area contributed by atoms with E-state index < -0.39 is 11.2 Å². The van der Waals surface area contributed by atoms with Gasteiger partial charge in [0.2, 0.25) is 0 Å². The van der Waals surface area contributed by atoms with E-state index >= 15 is 0 Å². The molecule has 1 N–H and O–H groups in total. The van der Waals surface area contributed by atoms with Crippen LogP contribution in [0.4, 0.5) is 0 Å². The van der Waals surface area contributed by atoms with Crippen molar-refractivity contribution in [2.24, 2.45) is 0 Å². The van der Waals surface area contributed by atoms with Crippen LogP contribution >= 0.6 is 0 Å². The van der Waals surface area contributed by atoms with Crippen molar-refractivity contribution in [1.29, 1.82) is 5.26 Å². The van der Waals surface area contributed by atoms with Crippen molar-refractivity contribution in [3.63, 3.8) is 0 Å². The van der Waals surface area contributed by atoms with Crippen LogP contribution in [0.2, 0.25) is 0 Å². The molecular weight excluding hydrogens is 505 g/mol. The van der Waals surface area contributed by atoms with E-state index in [0.717, 1.165) is 33.3 Å². The quantitative estimate of drug-likeness (QED) is 0.227. The Kier molecular flexibility index (Phi) is 7.85. The number of aliphatic hydroxyl groups is 1. The minimum atomic E-state index is -0.980. The van der Waals surface area contributed by atoms with Gasteiger partial charge in [-0.3, -0.25) is 0 Å². The van der Waals surface area contributed by atoms with Gasteiger partial charge in [-0.15, -0.1) is 0 Å². The summed E-state index contributed by atoms with van der Waals surface area (Å²) in [6, 6.07) is 38.2. The van der Waals surface area contributed by atoms with Gasteiger partial charge in [-0.05, 0) is 44.9 Å². The fraction of sp³-hybridized carbons (Fsp3) is 0.171. The molecule has 0 bridgehead atoms.